The van der Waals surface area contributed by atoms with Gasteiger partial charge in [-0.1, -0.05) is 52.4 Å². The van der Waals surface area contributed by atoms with E-state index in [0.29, 0.717) is 12.8 Å². The Morgan fingerprint density at radius 1 is 0.882 bits per heavy atom. The van der Waals surface area contributed by atoms with Gasteiger partial charge in [-0.2, -0.15) is 8.42 Å². The van der Waals surface area contributed by atoms with E-state index in [9.17, 15) is 13.5 Å². The molecule has 0 spiro atoms. The second kappa shape index (κ2) is 8.06. The highest BCUT2D eigenvalue weighted by Crippen LogP contribution is 2.26. The number of unbranched alkanes of at least 4 members (excludes halogenated alkanes) is 5. The van der Waals surface area contributed by atoms with Crippen LogP contribution in [-0.4, -0.2) is 23.0 Å². The molecule has 0 fully saturated rings. The molecule has 0 aliphatic heterocycles. The summed E-state index contributed by atoms with van der Waals surface area (Å²) in [5.41, 5.74) is 0. The molecule has 0 aromatic rings. The standard InChI is InChI=1S/C12H26O4S/c1-3-5-6-7-8-9-11-12(13,10-4-2)17(14,15)16/h13H,3-11H2,1-2H3,(H,14,15,16). The van der Waals surface area contributed by atoms with Crippen LogP contribution in [-0.2, 0) is 10.1 Å². The molecule has 0 heterocycles. The van der Waals surface area contributed by atoms with Crippen LogP contribution in [0.3, 0.4) is 0 Å². The van der Waals surface area contributed by atoms with Gasteiger partial charge in [-0.15, -0.1) is 0 Å². The number of hydrogen-bond donors (Lipinski definition) is 2. The Bertz CT molecular complexity index is 287. The molecule has 4 nitrogen and oxygen atoms in total. The summed E-state index contributed by atoms with van der Waals surface area (Å²) >= 11 is 0. The van der Waals surface area contributed by atoms with Crippen molar-refractivity contribution >= 4 is 10.1 Å². The molecule has 0 bridgehead atoms. The van der Waals surface area contributed by atoms with Crippen LogP contribution in [0.15, 0.2) is 0 Å². The van der Waals surface area contributed by atoms with Gasteiger partial charge in [0.25, 0.3) is 10.1 Å². The zero-order valence-electron chi connectivity index (χ0n) is 11.0. The molecule has 0 amide bonds. The molecule has 1 atom stereocenters. The highest BCUT2D eigenvalue weighted by molar-refractivity contribution is 7.87. The topological polar surface area (TPSA) is 74.6 Å². The van der Waals surface area contributed by atoms with E-state index in [2.05, 4.69) is 6.92 Å². The van der Waals surface area contributed by atoms with Crippen LogP contribution in [0.4, 0.5) is 0 Å². The van der Waals surface area contributed by atoms with Crippen molar-refractivity contribution in [3.63, 3.8) is 0 Å². The predicted molar refractivity (Wildman–Crippen MR) is 69.4 cm³/mol. The molecule has 1 unspecified atom stereocenters. The van der Waals surface area contributed by atoms with Gasteiger partial charge in [0.2, 0.25) is 0 Å². The summed E-state index contributed by atoms with van der Waals surface area (Å²) in [6, 6.07) is 0. The van der Waals surface area contributed by atoms with Crippen molar-refractivity contribution in [2.75, 3.05) is 0 Å². The average molecular weight is 266 g/mol. The third-order valence-electron chi connectivity index (χ3n) is 3.04. The average Bonchev–Trinajstić information content (AvgIpc) is 2.22. The fourth-order valence-electron chi connectivity index (χ4n) is 1.96. The van der Waals surface area contributed by atoms with E-state index in [1.165, 1.54) is 12.8 Å². The van der Waals surface area contributed by atoms with Crippen molar-refractivity contribution in [3.8, 4) is 0 Å². The summed E-state index contributed by atoms with van der Waals surface area (Å²) in [6.45, 7) is 3.93. The number of aliphatic hydroxyl groups is 1. The van der Waals surface area contributed by atoms with Crippen molar-refractivity contribution in [1.29, 1.82) is 0 Å². The van der Waals surface area contributed by atoms with Crippen molar-refractivity contribution in [3.05, 3.63) is 0 Å². The molecule has 17 heavy (non-hydrogen) atoms. The van der Waals surface area contributed by atoms with Gasteiger partial charge in [-0.25, -0.2) is 0 Å². The first-order valence-electron chi connectivity index (χ1n) is 6.56. The van der Waals surface area contributed by atoms with E-state index in [1.54, 1.807) is 6.92 Å². The van der Waals surface area contributed by atoms with Crippen LogP contribution in [0, 0.1) is 0 Å². The van der Waals surface area contributed by atoms with Gasteiger partial charge in [0.05, 0.1) is 0 Å². The van der Waals surface area contributed by atoms with Crippen molar-refractivity contribution < 1.29 is 18.1 Å². The van der Waals surface area contributed by atoms with Crippen molar-refractivity contribution in [2.45, 2.75) is 76.6 Å². The van der Waals surface area contributed by atoms with Gasteiger partial charge in [-0.3, -0.25) is 4.55 Å². The summed E-state index contributed by atoms with van der Waals surface area (Å²) in [5.74, 6) is 0. The van der Waals surface area contributed by atoms with Crippen LogP contribution in [0.1, 0.15) is 71.6 Å². The SMILES string of the molecule is CCCCCCCCC(O)(CCC)S(=O)(=O)O. The van der Waals surface area contributed by atoms with Gasteiger partial charge < -0.3 is 5.11 Å². The molecule has 104 valence electrons. The Balaban J connectivity index is 4.03. The fourth-order valence-corrected chi connectivity index (χ4v) is 2.82. The highest BCUT2D eigenvalue weighted by Gasteiger charge is 2.38. The molecule has 0 rings (SSSR count). The molecule has 2 N–H and O–H groups in total. The maximum absolute atomic E-state index is 11.1. The normalized spacial score (nSPS) is 15.8. The summed E-state index contributed by atoms with van der Waals surface area (Å²) in [7, 11) is -4.37. The van der Waals surface area contributed by atoms with Crippen LogP contribution in [0.2, 0.25) is 0 Å². The lowest BCUT2D eigenvalue weighted by Gasteiger charge is -2.24. The molecule has 0 aliphatic carbocycles. The Morgan fingerprint density at radius 3 is 1.88 bits per heavy atom. The minimum absolute atomic E-state index is 0.0980. The Morgan fingerprint density at radius 2 is 1.41 bits per heavy atom. The minimum atomic E-state index is -4.37. The molecule has 0 aliphatic rings. The second-order valence-corrected chi connectivity index (χ2v) is 6.40. The molecule has 0 aromatic heterocycles. The smallest absolute Gasteiger partial charge is 0.294 e. The van der Waals surface area contributed by atoms with E-state index in [-0.39, 0.29) is 12.8 Å². The number of hydrogen-bond acceptors (Lipinski definition) is 3. The van der Waals surface area contributed by atoms with Crippen molar-refractivity contribution in [1.82, 2.24) is 0 Å². The maximum atomic E-state index is 11.1. The summed E-state index contributed by atoms with van der Waals surface area (Å²) in [4.78, 5) is -1.94. The quantitative estimate of drug-likeness (QED) is 0.470. The van der Waals surface area contributed by atoms with E-state index in [4.69, 9.17) is 4.55 Å². The van der Waals surface area contributed by atoms with Gasteiger partial charge in [0.1, 0.15) is 0 Å². The molecule has 0 radical (unpaired) electrons. The van der Waals surface area contributed by atoms with Crippen LogP contribution in [0.5, 0.6) is 0 Å². The first-order chi connectivity index (χ1) is 7.87. The summed E-state index contributed by atoms with van der Waals surface area (Å²) in [5, 5.41) is 9.91. The first kappa shape index (κ1) is 16.9. The minimum Gasteiger partial charge on any atom is -0.372 e. The third kappa shape index (κ3) is 6.38. The van der Waals surface area contributed by atoms with E-state index >= 15 is 0 Å². The molecular weight excluding hydrogens is 240 g/mol. The van der Waals surface area contributed by atoms with E-state index < -0.39 is 15.1 Å². The van der Waals surface area contributed by atoms with Crippen molar-refractivity contribution in [2.24, 2.45) is 0 Å². The Hall–Kier alpha value is -0.130. The lowest BCUT2D eigenvalue weighted by atomic mass is 10.0. The van der Waals surface area contributed by atoms with Gasteiger partial charge >= 0.3 is 0 Å². The fraction of sp³-hybridized carbons (Fsp3) is 1.00. The lowest BCUT2D eigenvalue weighted by molar-refractivity contribution is 0.0906. The molecule has 0 saturated carbocycles. The largest absolute Gasteiger partial charge is 0.372 e. The molecular formula is C12H26O4S. The van der Waals surface area contributed by atoms with E-state index in [0.717, 1.165) is 19.3 Å². The molecule has 5 heteroatoms. The van der Waals surface area contributed by atoms with E-state index in [1.807, 2.05) is 0 Å². The zero-order chi connectivity index (χ0) is 13.4. The Labute approximate surface area is 105 Å². The van der Waals surface area contributed by atoms with Gasteiger partial charge in [0.15, 0.2) is 4.93 Å². The maximum Gasteiger partial charge on any atom is 0.294 e. The lowest BCUT2D eigenvalue weighted by Crippen LogP contribution is -2.38. The monoisotopic (exact) mass is 266 g/mol. The van der Waals surface area contributed by atoms with Crippen LogP contribution < -0.4 is 0 Å². The zero-order valence-corrected chi connectivity index (χ0v) is 11.8. The summed E-state index contributed by atoms with van der Waals surface area (Å²) < 4.78 is 31.3. The highest BCUT2D eigenvalue weighted by atomic mass is 32.2. The van der Waals surface area contributed by atoms with Gasteiger partial charge in [0, 0.05) is 0 Å². The predicted octanol–water partition coefficient (Wildman–Crippen LogP) is 3.11. The Kier molecular flexibility index (Phi) is 8.00. The van der Waals surface area contributed by atoms with Gasteiger partial charge in [-0.05, 0) is 19.3 Å². The first-order valence-corrected chi connectivity index (χ1v) is 8.01. The van der Waals surface area contributed by atoms with Crippen LogP contribution in [0.25, 0.3) is 0 Å². The second-order valence-electron chi connectivity index (χ2n) is 4.69. The number of rotatable bonds is 10. The molecule has 0 saturated heterocycles. The van der Waals surface area contributed by atoms with Crippen LogP contribution >= 0.6 is 0 Å². The summed E-state index contributed by atoms with van der Waals surface area (Å²) in [6.07, 6.45) is 6.87. The molecule has 0 aromatic carbocycles. The third-order valence-corrected chi connectivity index (χ3v) is 4.41.